The van der Waals surface area contributed by atoms with Crippen LogP contribution in [-0.4, -0.2) is 41.8 Å². The van der Waals surface area contributed by atoms with Gasteiger partial charge in [0, 0.05) is 18.1 Å². The number of hydrogen-bond acceptors (Lipinski definition) is 6. The Labute approximate surface area is 188 Å². The van der Waals surface area contributed by atoms with Gasteiger partial charge in [-0.2, -0.15) is 0 Å². The molecule has 0 bridgehead atoms. The van der Waals surface area contributed by atoms with E-state index in [1.165, 1.54) is 6.07 Å². The van der Waals surface area contributed by atoms with Crippen molar-refractivity contribution in [1.29, 1.82) is 0 Å². The summed E-state index contributed by atoms with van der Waals surface area (Å²) in [6.45, 7) is 0.245. The highest BCUT2D eigenvalue weighted by Crippen LogP contribution is 2.19. The summed E-state index contributed by atoms with van der Waals surface area (Å²) >= 11 is 5.86. The van der Waals surface area contributed by atoms with E-state index in [9.17, 15) is 19.1 Å². The molecule has 168 valence electrons. The molecule has 0 spiro atoms. The maximum atomic E-state index is 13.4. The third-order valence-corrected chi connectivity index (χ3v) is 4.91. The Morgan fingerprint density at radius 2 is 2.00 bits per heavy atom. The average molecular weight is 461 g/mol. The molecule has 4 N–H and O–H groups in total. The quantitative estimate of drug-likeness (QED) is 0.365. The molecular formula is C22H22ClFN4O4. The highest BCUT2D eigenvalue weighted by molar-refractivity contribution is 6.31. The summed E-state index contributed by atoms with van der Waals surface area (Å²) in [5, 5.41) is 18.9. The smallest absolute Gasteiger partial charge is 0.412 e. The van der Waals surface area contributed by atoms with Crippen molar-refractivity contribution in [2.24, 2.45) is 0 Å². The monoisotopic (exact) mass is 460 g/mol. The Balaban J connectivity index is 1.35. The number of rotatable bonds is 9. The number of ether oxygens (including phenoxy) is 1. The van der Waals surface area contributed by atoms with Crippen molar-refractivity contribution in [2.75, 3.05) is 25.0 Å². The molecule has 1 aromatic heterocycles. The van der Waals surface area contributed by atoms with Crippen molar-refractivity contribution >= 4 is 40.2 Å². The molecule has 32 heavy (non-hydrogen) atoms. The van der Waals surface area contributed by atoms with Crippen LogP contribution < -0.4 is 16.0 Å². The molecule has 2 amide bonds. The van der Waals surface area contributed by atoms with E-state index < -0.39 is 11.9 Å². The molecule has 0 aliphatic heterocycles. The number of anilines is 1. The van der Waals surface area contributed by atoms with Gasteiger partial charge in [-0.25, -0.2) is 14.2 Å². The minimum Gasteiger partial charge on any atom is -0.447 e. The molecule has 0 fully saturated rings. The number of nitrogens with one attached hydrogen (secondary N) is 3. The van der Waals surface area contributed by atoms with E-state index in [-0.39, 0.29) is 43.8 Å². The number of amides is 2. The number of aliphatic hydroxyl groups is 1. The maximum Gasteiger partial charge on any atom is 0.412 e. The lowest BCUT2D eigenvalue weighted by atomic mass is 10.1. The van der Waals surface area contributed by atoms with Gasteiger partial charge >= 0.3 is 6.09 Å². The van der Waals surface area contributed by atoms with Crippen molar-refractivity contribution in [3.8, 4) is 0 Å². The normalized spacial score (nSPS) is 10.7. The van der Waals surface area contributed by atoms with Gasteiger partial charge in [-0.15, -0.1) is 0 Å². The number of carbonyl (C=O) groups is 2. The van der Waals surface area contributed by atoms with Crippen LogP contribution >= 0.6 is 11.6 Å². The second-order valence-corrected chi connectivity index (χ2v) is 7.21. The first-order chi connectivity index (χ1) is 15.5. The molecule has 0 radical (unpaired) electrons. The number of aliphatic hydroxyl groups excluding tert-OH is 1. The summed E-state index contributed by atoms with van der Waals surface area (Å²) < 4.78 is 18.4. The molecule has 10 heteroatoms. The van der Waals surface area contributed by atoms with Crippen LogP contribution in [-0.2, 0) is 22.7 Å². The Hall–Kier alpha value is -3.27. The van der Waals surface area contributed by atoms with Gasteiger partial charge < -0.3 is 20.5 Å². The van der Waals surface area contributed by atoms with Gasteiger partial charge in [0.05, 0.1) is 24.7 Å². The number of hydrogen-bond donors (Lipinski definition) is 4. The average Bonchev–Trinajstić information content (AvgIpc) is 2.79. The third kappa shape index (κ3) is 6.61. The van der Waals surface area contributed by atoms with Gasteiger partial charge in [-0.05, 0) is 34.7 Å². The van der Waals surface area contributed by atoms with Crippen LogP contribution in [0.25, 0.3) is 10.8 Å². The largest absolute Gasteiger partial charge is 0.447 e. The van der Waals surface area contributed by atoms with Crippen molar-refractivity contribution in [1.82, 2.24) is 15.6 Å². The highest BCUT2D eigenvalue weighted by Gasteiger charge is 2.08. The van der Waals surface area contributed by atoms with E-state index in [1.807, 2.05) is 6.07 Å². The van der Waals surface area contributed by atoms with E-state index in [4.69, 9.17) is 16.3 Å². The molecule has 3 rings (SSSR count). The standard InChI is InChI=1S/C22H22ClFN4O4/c23-21-16(2-1-3-18(21)24)10-25-12-20(30)26-6-7-32-22(31)28-19-9-17-8-14(13-29)4-5-15(17)11-27-19/h1-5,8-9,11,25,29H,6-7,10,12-13H2,(H,26,30)(H,27,28,31). The second kappa shape index (κ2) is 11.4. The maximum absolute atomic E-state index is 13.4. The van der Waals surface area contributed by atoms with Gasteiger partial charge in [0.1, 0.15) is 18.2 Å². The van der Waals surface area contributed by atoms with Crippen LogP contribution in [0.15, 0.2) is 48.7 Å². The van der Waals surface area contributed by atoms with E-state index in [0.29, 0.717) is 11.4 Å². The van der Waals surface area contributed by atoms with Gasteiger partial charge in [0.15, 0.2) is 0 Å². The zero-order valence-electron chi connectivity index (χ0n) is 17.0. The fraction of sp³-hybridized carbons (Fsp3) is 0.227. The zero-order chi connectivity index (χ0) is 22.9. The van der Waals surface area contributed by atoms with E-state index >= 15 is 0 Å². The van der Waals surface area contributed by atoms with Crippen LogP contribution in [0.2, 0.25) is 5.02 Å². The number of carbonyl (C=O) groups excluding carboxylic acids is 2. The SMILES string of the molecule is O=C(CNCc1cccc(F)c1Cl)NCCOC(=O)Nc1cc2cc(CO)ccc2cn1. The molecular weight excluding hydrogens is 439 g/mol. The van der Waals surface area contributed by atoms with Crippen molar-refractivity contribution in [2.45, 2.75) is 13.2 Å². The summed E-state index contributed by atoms with van der Waals surface area (Å²) in [6.07, 6.45) is 0.902. The summed E-state index contributed by atoms with van der Waals surface area (Å²) in [5.41, 5.74) is 1.30. The second-order valence-electron chi connectivity index (χ2n) is 6.84. The molecule has 0 saturated carbocycles. The Morgan fingerprint density at radius 3 is 2.81 bits per heavy atom. The van der Waals surface area contributed by atoms with E-state index in [2.05, 4.69) is 20.9 Å². The van der Waals surface area contributed by atoms with Gasteiger partial charge in [0.2, 0.25) is 5.91 Å². The molecule has 0 atom stereocenters. The summed E-state index contributed by atoms with van der Waals surface area (Å²) in [6, 6.07) is 11.6. The lowest BCUT2D eigenvalue weighted by molar-refractivity contribution is -0.120. The van der Waals surface area contributed by atoms with Crippen LogP contribution in [0.4, 0.5) is 15.0 Å². The van der Waals surface area contributed by atoms with Gasteiger partial charge in [-0.1, -0.05) is 35.9 Å². The Bertz CT molecular complexity index is 1110. The summed E-state index contributed by atoms with van der Waals surface area (Å²) in [7, 11) is 0. The molecule has 0 saturated heterocycles. The topological polar surface area (TPSA) is 113 Å². The molecule has 2 aromatic carbocycles. The molecule has 1 heterocycles. The zero-order valence-corrected chi connectivity index (χ0v) is 17.8. The molecule has 0 aliphatic carbocycles. The first-order valence-corrected chi connectivity index (χ1v) is 10.2. The third-order valence-electron chi connectivity index (χ3n) is 4.49. The first-order valence-electron chi connectivity index (χ1n) is 9.80. The van der Waals surface area contributed by atoms with Gasteiger partial charge in [0.25, 0.3) is 0 Å². The number of halogens is 2. The minimum absolute atomic E-state index is 0.00409. The lowest BCUT2D eigenvalue weighted by Crippen LogP contribution is -2.36. The molecule has 3 aromatic rings. The van der Waals surface area contributed by atoms with Crippen LogP contribution in [0.1, 0.15) is 11.1 Å². The number of nitrogens with zero attached hydrogens (tertiary/aromatic N) is 1. The number of fused-ring (bicyclic) bond motifs is 1. The van der Waals surface area contributed by atoms with Crippen molar-refractivity contribution in [3.63, 3.8) is 0 Å². The summed E-state index contributed by atoms with van der Waals surface area (Å²) in [4.78, 5) is 27.9. The minimum atomic E-state index is -0.705. The fourth-order valence-corrected chi connectivity index (χ4v) is 3.08. The predicted octanol–water partition coefficient (Wildman–Crippen LogP) is 2.97. The van der Waals surface area contributed by atoms with E-state index in [0.717, 1.165) is 16.3 Å². The van der Waals surface area contributed by atoms with Gasteiger partial charge in [-0.3, -0.25) is 10.1 Å². The number of benzene rings is 2. The molecule has 0 unspecified atom stereocenters. The highest BCUT2D eigenvalue weighted by atomic mass is 35.5. The van der Waals surface area contributed by atoms with Crippen LogP contribution in [0.5, 0.6) is 0 Å². The van der Waals surface area contributed by atoms with Crippen molar-refractivity contribution < 1.29 is 23.8 Å². The molecule has 8 nitrogen and oxygen atoms in total. The van der Waals surface area contributed by atoms with Crippen molar-refractivity contribution in [3.05, 3.63) is 70.6 Å². The summed E-state index contributed by atoms with van der Waals surface area (Å²) in [5.74, 6) is -0.515. The fourth-order valence-electron chi connectivity index (χ4n) is 2.89. The van der Waals surface area contributed by atoms with E-state index in [1.54, 1.807) is 36.5 Å². The Kier molecular flexibility index (Phi) is 8.32. The Morgan fingerprint density at radius 1 is 1.16 bits per heavy atom. The van der Waals surface area contributed by atoms with Crippen LogP contribution in [0.3, 0.4) is 0 Å². The number of pyridine rings is 1. The van der Waals surface area contributed by atoms with Crippen LogP contribution in [0, 0.1) is 5.82 Å². The first kappa shape index (κ1) is 23.4. The number of aromatic nitrogens is 1. The molecule has 0 aliphatic rings. The lowest BCUT2D eigenvalue weighted by Gasteiger charge is -2.10. The predicted molar refractivity (Wildman–Crippen MR) is 119 cm³/mol.